The summed E-state index contributed by atoms with van der Waals surface area (Å²) in [5.41, 5.74) is 1.89. The topological polar surface area (TPSA) is 72.3 Å². The number of nitrogens with one attached hydrogen (secondary N) is 1. The Kier molecular flexibility index (Phi) is 5.53. The Balaban J connectivity index is 1.75. The van der Waals surface area contributed by atoms with Gasteiger partial charge in [0.05, 0.1) is 31.3 Å². The van der Waals surface area contributed by atoms with Gasteiger partial charge in [-0.25, -0.2) is 4.98 Å². The Morgan fingerprint density at radius 2 is 1.93 bits per heavy atom. The smallest absolute Gasteiger partial charge is 0.307 e. The molecule has 1 aliphatic rings. The van der Waals surface area contributed by atoms with Gasteiger partial charge in [-0.05, 0) is 48.6 Å². The molecule has 0 bridgehead atoms. The van der Waals surface area contributed by atoms with Crippen LogP contribution in [0.25, 0.3) is 5.82 Å². The third-order valence-electron chi connectivity index (χ3n) is 4.96. The molecule has 2 atom stereocenters. The number of methoxy groups -OCH3 is 1. The molecule has 1 aliphatic heterocycles. The van der Waals surface area contributed by atoms with E-state index in [1.54, 1.807) is 12.4 Å². The normalized spacial score (nSPS) is 18.5. The predicted octanol–water partition coefficient (Wildman–Crippen LogP) is 2.80. The number of ether oxygens (including phenoxy) is 1. The van der Waals surface area contributed by atoms with Crippen molar-refractivity contribution in [3.05, 3.63) is 78.5 Å². The molecular formula is C21H21N5O2S. The Hall–Kier alpha value is -3.26. The number of rotatable bonds is 6. The van der Waals surface area contributed by atoms with E-state index in [4.69, 9.17) is 17.0 Å². The van der Waals surface area contributed by atoms with Crippen molar-refractivity contribution in [2.45, 2.75) is 18.5 Å². The van der Waals surface area contributed by atoms with Gasteiger partial charge < -0.3 is 19.5 Å². The van der Waals surface area contributed by atoms with Crippen LogP contribution in [0, 0.1) is 0 Å². The first-order valence-electron chi connectivity index (χ1n) is 9.32. The average Bonchev–Trinajstić information content (AvgIpc) is 3.37. The van der Waals surface area contributed by atoms with E-state index in [0.29, 0.717) is 11.7 Å². The number of esters is 1. The summed E-state index contributed by atoms with van der Waals surface area (Å²) in [6.45, 7) is 0.444. The Labute approximate surface area is 174 Å². The summed E-state index contributed by atoms with van der Waals surface area (Å²) in [6, 6.07) is 15.3. The minimum absolute atomic E-state index is 0.154. The van der Waals surface area contributed by atoms with Gasteiger partial charge in [-0.3, -0.25) is 9.78 Å². The maximum Gasteiger partial charge on any atom is 0.307 e. The van der Waals surface area contributed by atoms with E-state index in [2.05, 4.69) is 21.4 Å². The van der Waals surface area contributed by atoms with Crippen LogP contribution in [0.1, 0.15) is 29.9 Å². The standard InChI is InChI=1S/C21H21N5O2S/c1-28-18(27)10-14-26-20(19(24-21(26)29)15-7-2-4-11-22-15)16-8-6-13-25(16)17-9-3-5-12-23-17/h2-9,11-13,19-20H,10,14H2,1H3,(H,24,29)/t19-,20-/m0/s1. The molecule has 8 heteroatoms. The molecule has 3 aromatic rings. The fraction of sp³-hybridized carbons (Fsp3) is 0.238. The number of hydrogen-bond donors (Lipinski definition) is 1. The van der Waals surface area contributed by atoms with Crippen LogP contribution in [-0.2, 0) is 9.53 Å². The summed E-state index contributed by atoms with van der Waals surface area (Å²) in [7, 11) is 1.39. The van der Waals surface area contributed by atoms with Crippen LogP contribution in [0.3, 0.4) is 0 Å². The largest absolute Gasteiger partial charge is 0.469 e. The third kappa shape index (κ3) is 3.84. The van der Waals surface area contributed by atoms with Gasteiger partial charge in [-0.1, -0.05) is 12.1 Å². The fourth-order valence-electron chi connectivity index (χ4n) is 3.62. The Morgan fingerprint density at radius 1 is 1.14 bits per heavy atom. The van der Waals surface area contributed by atoms with Gasteiger partial charge in [0.25, 0.3) is 0 Å². The SMILES string of the molecule is COC(=O)CCN1C(=S)N[C@@H](c2ccccn2)[C@@H]1c1cccn1-c1ccccn1. The molecule has 1 N–H and O–H groups in total. The third-order valence-corrected chi connectivity index (χ3v) is 5.31. The molecule has 29 heavy (non-hydrogen) atoms. The fourth-order valence-corrected chi connectivity index (χ4v) is 3.95. The van der Waals surface area contributed by atoms with Crippen LogP contribution in [0.4, 0.5) is 0 Å². The number of carbonyl (C=O) groups is 1. The molecule has 148 valence electrons. The summed E-state index contributed by atoms with van der Waals surface area (Å²) in [5.74, 6) is 0.547. The zero-order valence-electron chi connectivity index (χ0n) is 15.9. The highest BCUT2D eigenvalue weighted by Crippen LogP contribution is 2.39. The zero-order valence-corrected chi connectivity index (χ0v) is 16.7. The van der Waals surface area contributed by atoms with Gasteiger partial charge in [0.15, 0.2) is 5.11 Å². The van der Waals surface area contributed by atoms with Crippen LogP contribution < -0.4 is 5.32 Å². The molecule has 0 aromatic carbocycles. The van der Waals surface area contributed by atoms with Crippen molar-refractivity contribution in [2.24, 2.45) is 0 Å². The summed E-state index contributed by atoms with van der Waals surface area (Å²) in [4.78, 5) is 22.8. The Bertz CT molecular complexity index is 993. The quantitative estimate of drug-likeness (QED) is 0.498. The molecule has 0 amide bonds. The molecule has 0 aliphatic carbocycles. The number of pyridine rings is 2. The second-order valence-corrected chi connectivity index (χ2v) is 7.02. The molecule has 0 saturated carbocycles. The van der Waals surface area contributed by atoms with Gasteiger partial charge in [-0.15, -0.1) is 0 Å². The van der Waals surface area contributed by atoms with E-state index in [1.807, 2.05) is 58.1 Å². The molecule has 4 rings (SSSR count). The van der Waals surface area contributed by atoms with E-state index in [9.17, 15) is 4.79 Å². The molecule has 0 radical (unpaired) electrons. The second kappa shape index (κ2) is 8.40. The average molecular weight is 407 g/mol. The van der Waals surface area contributed by atoms with Crippen molar-refractivity contribution >= 4 is 23.3 Å². The molecule has 0 unspecified atom stereocenters. The van der Waals surface area contributed by atoms with Crippen molar-refractivity contribution in [3.63, 3.8) is 0 Å². The molecular weight excluding hydrogens is 386 g/mol. The maximum absolute atomic E-state index is 11.8. The van der Waals surface area contributed by atoms with Crippen molar-refractivity contribution in [1.29, 1.82) is 0 Å². The summed E-state index contributed by atoms with van der Waals surface area (Å²) < 4.78 is 6.86. The first kappa shape index (κ1) is 19.1. The monoisotopic (exact) mass is 407 g/mol. The molecule has 3 aromatic heterocycles. The van der Waals surface area contributed by atoms with Gasteiger partial charge in [0, 0.05) is 30.8 Å². The van der Waals surface area contributed by atoms with E-state index >= 15 is 0 Å². The highest BCUT2D eigenvalue weighted by Gasteiger charge is 2.41. The van der Waals surface area contributed by atoms with Crippen LogP contribution in [0.5, 0.6) is 0 Å². The van der Waals surface area contributed by atoms with Crippen LogP contribution in [-0.4, -0.2) is 44.2 Å². The number of hydrogen-bond acceptors (Lipinski definition) is 5. The number of nitrogens with zero attached hydrogens (tertiary/aromatic N) is 4. The lowest BCUT2D eigenvalue weighted by Crippen LogP contribution is -2.32. The van der Waals surface area contributed by atoms with E-state index < -0.39 is 0 Å². The van der Waals surface area contributed by atoms with Crippen molar-refractivity contribution < 1.29 is 9.53 Å². The maximum atomic E-state index is 11.8. The van der Waals surface area contributed by atoms with Crippen molar-refractivity contribution in [1.82, 2.24) is 24.8 Å². The van der Waals surface area contributed by atoms with Crippen molar-refractivity contribution in [2.75, 3.05) is 13.7 Å². The number of aromatic nitrogens is 3. The van der Waals surface area contributed by atoms with Crippen LogP contribution in [0.15, 0.2) is 67.1 Å². The van der Waals surface area contributed by atoms with E-state index in [1.165, 1.54) is 7.11 Å². The first-order chi connectivity index (χ1) is 14.2. The minimum Gasteiger partial charge on any atom is -0.469 e. The van der Waals surface area contributed by atoms with Gasteiger partial charge in [0.1, 0.15) is 5.82 Å². The highest BCUT2D eigenvalue weighted by molar-refractivity contribution is 7.80. The summed E-state index contributed by atoms with van der Waals surface area (Å²) in [6.07, 6.45) is 5.76. The minimum atomic E-state index is -0.270. The number of thiocarbonyl (C=S) groups is 1. The lowest BCUT2D eigenvalue weighted by molar-refractivity contribution is -0.140. The van der Waals surface area contributed by atoms with Crippen molar-refractivity contribution in [3.8, 4) is 5.82 Å². The summed E-state index contributed by atoms with van der Waals surface area (Å²) >= 11 is 5.63. The van der Waals surface area contributed by atoms with Crippen LogP contribution in [0.2, 0.25) is 0 Å². The lowest BCUT2D eigenvalue weighted by atomic mass is 10.0. The van der Waals surface area contributed by atoms with Gasteiger partial charge in [-0.2, -0.15) is 0 Å². The number of carbonyl (C=O) groups excluding carboxylic acids is 1. The van der Waals surface area contributed by atoms with E-state index in [0.717, 1.165) is 17.2 Å². The first-order valence-corrected chi connectivity index (χ1v) is 9.73. The molecule has 0 spiro atoms. The Morgan fingerprint density at radius 3 is 2.62 bits per heavy atom. The molecule has 4 heterocycles. The van der Waals surface area contributed by atoms with Crippen LogP contribution >= 0.6 is 12.2 Å². The summed E-state index contributed by atoms with van der Waals surface area (Å²) in [5, 5.41) is 3.97. The molecule has 1 saturated heterocycles. The highest BCUT2D eigenvalue weighted by atomic mass is 32.1. The van der Waals surface area contributed by atoms with E-state index in [-0.39, 0.29) is 24.5 Å². The molecule has 1 fully saturated rings. The lowest BCUT2D eigenvalue weighted by Gasteiger charge is -2.28. The second-order valence-electron chi connectivity index (χ2n) is 6.64. The zero-order chi connectivity index (χ0) is 20.2. The van der Waals surface area contributed by atoms with Gasteiger partial charge in [0.2, 0.25) is 0 Å². The van der Waals surface area contributed by atoms with Gasteiger partial charge >= 0.3 is 5.97 Å². The molecule has 7 nitrogen and oxygen atoms in total. The predicted molar refractivity (Wildman–Crippen MR) is 112 cm³/mol.